The predicted molar refractivity (Wildman–Crippen MR) is 84.6 cm³/mol. The van der Waals surface area contributed by atoms with E-state index in [-0.39, 0.29) is 11.7 Å². The largest absolute Gasteiger partial charge is 0.325 e. The molecule has 1 atom stereocenters. The van der Waals surface area contributed by atoms with Gasteiger partial charge in [-0.15, -0.1) is 11.3 Å². The number of hydrogen-bond acceptors (Lipinski definition) is 2. The summed E-state index contributed by atoms with van der Waals surface area (Å²) in [6.07, 6.45) is 0. The summed E-state index contributed by atoms with van der Waals surface area (Å²) in [7, 11) is 1.93. The van der Waals surface area contributed by atoms with Crippen LogP contribution >= 0.6 is 22.9 Å². The topological polar surface area (TPSA) is 33.5 Å². The molecule has 0 bridgehead atoms. The van der Waals surface area contributed by atoms with Crippen molar-refractivity contribution in [1.82, 2.24) is 0 Å². The minimum atomic E-state index is -0.318. The van der Waals surface area contributed by atoms with Crippen LogP contribution in [0.1, 0.15) is 10.4 Å². The number of nitrogens with one attached hydrogen (secondary N) is 2. The number of aryl methyl sites for hydroxylation is 1. The summed E-state index contributed by atoms with van der Waals surface area (Å²) in [6, 6.07) is 8.50. The van der Waals surface area contributed by atoms with Gasteiger partial charge in [-0.25, -0.2) is 4.39 Å². The number of amides is 1. The summed E-state index contributed by atoms with van der Waals surface area (Å²) >= 11 is 7.39. The van der Waals surface area contributed by atoms with E-state index in [0.29, 0.717) is 17.8 Å². The highest BCUT2D eigenvalue weighted by atomic mass is 35.5. The lowest BCUT2D eigenvalue weighted by Crippen LogP contribution is -3.08. The minimum absolute atomic E-state index is 0.140. The van der Waals surface area contributed by atoms with Gasteiger partial charge in [0.15, 0.2) is 6.54 Å². The van der Waals surface area contributed by atoms with Crippen LogP contribution in [0, 0.1) is 12.7 Å². The molecule has 0 fully saturated rings. The molecule has 1 unspecified atom stereocenters. The number of anilines is 1. The molecule has 1 heterocycles. The molecule has 0 radical (unpaired) electrons. The van der Waals surface area contributed by atoms with Crippen molar-refractivity contribution >= 4 is 34.5 Å². The lowest BCUT2D eigenvalue weighted by molar-refractivity contribution is -0.884. The van der Waals surface area contributed by atoms with Crippen molar-refractivity contribution in [3.8, 4) is 0 Å². The molecule has 1 aromatic heterocycles. The Morgan fingerprint density at radius 1 is 1.38 bits per heavy atom. The number of thiophene rings is 1. The van der Waals surface area contributed by atoms with Gasteiger partial charge in [0.05, 0.1) is 16.3 Å². The zero-order valence-corrected chi connectivity index (χ0v) is 13.4. The van der Waals surface area contributed by atoms with Crippen LogP contribution < -0.4 is 10.2 Å². The van der Waals surface area contributed by atoms with Crippen molar-refractivity contribution in [1.29, 1.82) is 0 Å². The summed E-state index contributed by atoms with van der Waals surface area (Å²) in [5.41, 5.74) is 1.04. The second kappa shape index (κ2) is 7.02. The zero-order chi connectivity index (χ0) is 15.4. The average molecular weight is 328 g/mol. The molecule has 0 spiro atoms. The first-order chi connectivity index (χ1) is 9.94. The van der Waals surface area contributed by atoms with Crippen LogP contribution in [0.3, 0.4) is 0 Å². The van der Waals surface area contributed by atoms with Crippen molar-refractivity contribution in [2.45, 2.75) is 13.5 Å². The van der Waals surface area contributed by atoms with Crippen LogP contribution in [-0.4, -0.2) is 19.5 Å². The van der Waals surface area contributed by atoms with E-state index in [1.165, 1.54) is 17.4 Å². The first-order valence-corrected chi connectivity index (χ1v) is 7.75. The molecule has 0 aliphatic rings. The first-order valence-electron chi connectivity index (χ1n) is 6.55. The Hall–Kier alpha value is -1.43. The van der Waals surface area contributed by atoms with E-state index in [9.17, 15) is 9.18 Å². The van der Waals surface area contributed by atoms with Gasteiger partial charge in [-0.05, 0) is 36.8 Å². The van der Waals surface area contributed by atoms with E-state index in [1.54, 1.807) is 19.1 Å². The number of hydrogen-bond donors (Lipinski definition) is 2. The van der Waals surface area contributed by atoms with Crippen molar-refractivity contribution in [3.05, 3.63) is 50.9 Å². The third-order valence-corrected chi connectivity index (χ3v) is 4.25. The molecule has 6 heteroatoms. The van der Waals surface area contributed by atoms with Gasteiger partial charge in [-0.2, -0.15) is 0 Å². The second-order valence-electron chi connectivity index (χ2n) is 5.03. The third kappa shape index (κ3) is 4.81. The standard InChI is InChI=1S/C15H16ClFN2OS/c1-10-3-4-11(7-13(10)17)18-15(20)9-19(2)8-12-5-6-14(16)21-12/h3-7H,8-9H2,1-2H3,(H,18,20)/p+1. The average Bonchev–Trinajstić information content (AvgIpc) is 2.79. The van der Waals surface area contributed by atoms with Crippen LogP contribution in [-0.2, 0) is 11.3 Å². The smallest absolute Gasteiger partial charge is 0.279 e. The molecule has 0 aliphatic heterocycles. The van der Waals surface area contributed by atoms with Crippen molar-refractivity contribution in [2.24, 2.45) is 0 Å². The van der Waals surface area contributed by atoms with Crippen molar-refractivity contribution in [2.75, 3.05) is 18.9 Å². The van der Waals surface area contributed by atoms with Gasteiger partial charge in [0.25, 0.3) is 5.91 Å². The molecule has 1 aromatic carbocycles. The SMILES string of the molecule is Cc1ccc(NC(=O)C[NH+](C)Cc2ccc(Cl)s2)cc1F. The Kier molecular flexibility index (Phi) is 5.33. The van der Waals surface area contributed by atoms with Crippen molar-refractivity contribution in [3.63, 3.8) is 0 Å². The summed E-state index contributed by atoms with van der Waals surface area (Å²) in [5.74, 6) is -0.458. The van der Waals surface area contributed by atoms with E-state index in [4.69, 9.17) is 11.6 Å². The van der Waals surface area contributed by atoms with Gasteiger partial charge >= 0.3 is 0 Å². The minimum Gasteiger partial charge on any atom is -0.325 e. The Morgan fingerprint density at radius 3 is 2.76 bits per heavy atom. The Bertz CT molecular complexity index is 644. The van der Waals surface area contributed by atoms with Gasteiger partial charge in [-0.1, -0.05) is 17.7 Å². The molecule has 2 rings (SSSR count). The maximum absolute atomic E-state index is 13.4. The monoisotopic (exact) mass is 327 g/mol. The van der Waals surface area contributed by atoms with E-state index in [2.05, 4.69) is 5.32 Å². The van der Waals surface area contributed by atoms with E-state index in [1.807, 2.05) is 19.2 Å². The molecular formula is C15H17ClFN2OS+. The number of quaternary nitrogens is 1. The van der Waals surface area contributed by atoms with Crippen LogP contribution in [0.5, 0.6) is 0 Å². The molecule has 1 amide bonds. The summed E-state index contributed by atoms with van der Waals surface area (Å²) in [4.78, 5) is 14.1. The normalized spacial score (nSPS) is 12.2. The Balaban J connectivity index is 1.87. The molecule has 2 N–H and O–H groups in total. The van der Waals surface area contributed by atoms with Gasteiger partial charge in [0.2, 0.25) is 0 Å². The zero-order valence-electron chi connectivity index (χ0n) is 11.9. The van der Waals surface area contributed by atoms with E-state index in [0.717, 1.165) is 20.7 Å². The number of halogens is 2. The molecular weight excluding hydrogens is 311 g/mol. The molecule has 0 saturated carbocycles. The first kappa shape index (κ1) is 15.9. The summed E-state index contributed by atoms with van der Waals surface area (Å²) in [5, 5.41) is 2.71. The molecule has 2 aromatic rings. The maximum atomic E-state index is 13.4. The quantitative estimate of drug-likeness (QED) is 0.869. The lowest BCUT2D eigenvalue weighted by Gasteiger charge is -2.13. The fourth-order valence-corrected chi connectivity index (χ4v) is 3.16. The predicted octanol–water partition coefficient (Wildman–Crippen LogP) is 2.50. The number of rotatable bonds is 5. The number of benzene rings is 1. The molecule has 0 aliphatic carbocycles. The molecule has 0 saturated heterocycles. The van der Waals surface area contributed by atoms with Gasteiger partial charge in [0.1, 0.15) is 12.4 Å². The number of carbonyl (C=O) groups is 1. The van der Waals surface area contributed by atoms with Gasteiger partial charge in [0, 0.05) is 5.69 Å². The fourth-order valence-electron chi connectivity index (χ4n) is 1.96. The number of carbonyl (C=O) groups excluding carboxylic acids is 1. The van der Waals surface area contributed by atoms with Gasteiger partial charge in [-0.3, -0.25) is 4.79 Å². The highest BCUT2D eigenvalue weighted by Gasteiger charge is 2.12. The van der Waals surface area contributed by atoms with Crippen LogP contribution in [0.4, 0.5) is 10.1 Å². The lowest BCUT2D eigenvalue weighted by atomic mass is 10.2. The third-order valence-electron chi connectivity index (χ3n) is 3.02. The van der Waals surface area contributed by atoms with E-state index >= 15 is 0 Å². The molecule has 112 valence electrons. The summed E-state index contributed by atoms with van der Waals surface area (Å²) in [6.45, 7) is 2.73. The molecule has 3 nitrogen and oxygen atoms in total. The van der Waals surface area contributed by atoms with Crippen molar-refractivity contribution < 1.29 is 14.1 Å². The van der Waals surface area contributed by atoms with Gasteiger partial charge < -0.3 is 10.2 Å². The van der Waals surface area contributed by atoms with Crippen LogP contribution in [0.25, 0.3) is 0 Å². The second-order valence-corrected chi connectivity index (χ2v) is 6.83. The van der Waals surface area contributed by atoms with Crippen LogP contribution in [0.15, 0.2) is 30.3 Å². The van der Waals surface area contributed by atoms with Crippen LogP contribution in [0.2, 0.25) is 4.34 Å². The van der Waals surface area contributed by atoms with E-state index < -0.39 is 0 Å². The fraction of sp³-hybridized carbons (Fsp3) is 0.267. The highest BCUT2D eigenvalue weighted by molar-refractivity contribution is 7.16. The molecule has 21 heavy (non-hydrogen) atoms. The summed E-state index contributed by atoms with van der Waals surface area (Å²) < 4.78 is 14.2. The number of likely N-dealkylation sites (N-methyl/N-ethyl adjacent to an activating group) is 1. The Morgan fingerprint density at radius 2 is 2.14 bits per heavy atom. The maximum Gasteiger partial charge on any atom is 0.279 e. The Labute approximate surface area is 132 Å². The highest BCUT2D eigenvalue weighted by Crippen LogP contribution is 2.20.